The molecule has 0 unspecified atom stereocenters. The molecule has 0 aromatic heterocycles. The number of carbonyl (C=O) groups is 2. The Morgan fingerprint density at radius 1 is 1.21 bits per heavy atom. The molecule has 0 bridgehead atoms. The lowest BCUT2D eigenvalue weighted by Gasteiger charge is -2.08. The summed E-state index contributed by atoms with van der Waals surface area (Å²) < 4.78 is 6.51. The van der Waals surface area contributed by atoms with E-state index in [0.29, 0.717) is 28.6 Å². The van der Waals surface area contributed by atoms with Crippen LogP contribution in [0.5, 0.6) is 5.75 Å². The summed E-state index contributed by atoms with van der Waals surface area (Å²) in [5, 5.41) is 7.08. The molecule has 2 aromatic rings. The molecule has 0 saturated heterocycles. The molecule has 2 rings (SSSR count). The summed E-state index contributed by atoms with van der Waals surface area (Å²) in [6.07, 6.45) is 2.00. The molecule has 2 N–H and O–H groups in total. The van der Waals surface area contributed by atoms with Crippen molar-refractivity contribution in [1.29, 1.82) is 0 Å². The Bertz CT molecular complexity index is 887. The zero-order valence-corrected chi connectivity index (χ0v) is 17.9. The van der Waals surface area contributed by atoms with E-state index in [1.165, 1.54) is 6.21 Å². The molecule has 2 aromatic carbocycles. The number of amides is 2. The lowest BCUT2D eigenvalue weighted by molar-refractivity contribution is -0.126. The summed E-state index contributed by atoms with van der Waals surface area (Å²) >= 11 is 9.41. The van der Waals surface area contributed by atoms with Crippen LogP contribution in [-0.2, 0) is 9.59 Å². The first-order valence-electron chi connectivity index (χ1n) is 8.69. The van der Waals surface area contributed by atoms with Gasteiger partial charge in [-0.05, 0) is 49.2 Å². The maximum Gasteiger partial charge on any atom is 0.249 e. The Labute approximate surface area is 177 Å². The zero-order valence-electron chi connectivity index (χ0n) is 15.6. The average Bonchev–Trinajstić information content (AvgIpc) is 2.64. The fourth-order valence-electron chi connectivity index (χ4n) is 2.20. The van der Waals surface area contributed by atoms with Gasteiger partial charge in [0, 0.05) is 20.7 Å². The van der Waals surface area contributed by atoms with Crippen LogP contribution in [0.2, 0.25) is 5.02 Å². The SMILES string of the molecule is CCCOc1ccc(Br)cc1C=NNC(=O)CC(=O)Nc1ccc(C)c(Cl)c1. The summed E-state index contributed by atoms with van der Waals surface area (Å²) in [7, 11) is 0. The van der Waals surface area contributed by atoms with Gasteiger partial charge < -0.3 is 10.1 Å². The number of benzene rings is 2. The number of nitrogens with one attached hydrogen (secondary N) is 2. The third-order valence-electron chi connectivity index (χ3n) is 3.60. The highest BCUT2D eigenvalue weighted by Crippen LogP contribution is 2.22. The van der Waals surface area contributed by atoms with Gasteiger partial charge in [-0.25, -0.2) is 5.43 Å². The maximum absolute atomic E-state index is 12.0. The maximum atomic E-state index is 12.0. The van der Waals surface area contributed by atoms with Gasteiger partial charge >= 0.3 is 0 Å². The van der Waals surface area contributed by atoms with Crippen molar-refractivity contribution in [2.75, 3.05) is 11.9 Å². The minimum atomic E-state index is -0.530. The molecule has 0 aliphatic rings. The average molecular weight is 467 g/mol. The smallest absolute Gasteiger partial charge is 0.249 e. The fourth-order valence-corrected chi connectivity index (χ4v) is 2.76. The van der Waals surface area contributed by atoms with E-state index < -0.39 is 11.8 Å². The van der Waals surface area contributed by atoms with Crippen molar-refractivity contribution in [3.63, 3.8) is 0 Å². The van der Waals surface area contributed by atoms with E-state index in [1.807, 2.05) is 32.0 Å². The quantitative estimate of drug-likeness (QED) is 0.337. The second-order valence-corrected chi connectivity index (χ2v) is 7.34. The van der Waals surface area contributed by atoms with Gasteiger partial charge in [-0.3, -0.25) is 9.59 Å². The molecule has 0 heterocycles. The van der Waals surface area contributed by atoms with Crippen LogP contribution in [-0.4, -0.2) is 24.6 Å². The molecule has 28 heavy (non-hydrogen) atoms. The van der Waals surface area contributed by atoms with Crippen LogP contribution in [0.3, 0.4) is 0 Å². The third-order valence-corrected chi connectivity index (χ3v) is 4.50. The number of aryl methyl sites for hydroxylation is 1. The first-order chi connectivity index (χ1) is 13.4. The number of rotatable bonds is 8. The van der Waals surface area contributed by atoms with Gasteiger partial charge in [0.05, 0.1) is 12.8 Å². The van der Waals surface area contributed by atoms with E-state index in [1.54, 1.807) is 18.2 Å². The predicted molar refractivity (Wildman–Crippen MR) is 115 cm³/mol. The van der Waals surface area contributed by atoms with Crippen molar-refractivity contribution in [3.05, 3.63) is 57.0 Å². The number of nitrogens with zero attached hydrogens (tertiary/aromatic N) is 1. The molecule has 0 aliphatic carbocycles. The van der Waals surface area contributed by atoms with Gasteiger partial charge in [0.1, 0.15) is 12.2 Å². The minimum absolute atomic E-state index is 0.361. The summed E-state index contributed by atoms with van der Waals surface area (Å²) in [5.41, 5.74) is 4.49. The molecule has 0 radical (unpaired) electrons. The zero-order chi connectivity index (χ0) is 20.5. The molecule has 148 valence electrons. The lowest BCUT2D eigenvalue weighted by atomic mass is 10.2. The van der Waals surface area contributed by atoms with Crippen molar-refractivity contribution in [1.82, 2.24) is 5.43 Å². The Hall–Kier alpha value is -2.38. The summed E-state index contributed by atoms with van der Waals surface area (Å²) in [4.78, 5) is 23.9. The number of ether oxygens (including phenoxy) is 1. The number of carbonyl (C=O) groups excluding carboxylic acids is 2. The molecular formula is C20H21BrClN3O3. The Morgan fingerprint density at radius 2 is 2.00 bits per heavy atom. The highest BCUT2D eigenvalue weighted by Gasteiger charge is 2.10. The summed E-state index contributed by atoms with van der Waals surface area (Å²) in [6, 6.07) is 10.7. The Morgan fingerprint density at radius 3 is 2.71 bits per heavy atom. The van der Waals surface area contributed by atoms with E-state index in [2.05, 4.69) is 31.8 Å². The highest BCUT2D eigenvalue weighted by molar-refractivity contribution is 9.10. The number of hydrogen-bond acceptors (Lipinski definition) is 4. The standard InChI is InChI=1S/C20H21BrClN3O3/c1-3-8-28-18-7-5-15(21)9-14(18)12-23-25-20(27)11-19(26)24-16-6-4-13(2)17(22)10-16/h4-7,9-10,12H,3,8,11H2,1-2H3,(H,24,26)(H,25,27). The number of hydrogen-bond donors (Lipinski definition) is 2. The number of halogens is 2. The second kappa shape index (κ2) is 10.8. The number of anilines is 1. The van der Waals surface area contributed by atoms with Crippen LogP contribution in [0.25, 0.3) is 0 Å². The largest absolute Gasteiger partial charge is 0.493 e. The van der Waals surface area contributed by atoms with Crippen molar-refractivity contribution < 1.29 is 14.3 Å². The van der Waals surface area contributed by atoms with Crippen LogP contribution in [0, 0.1) is 6.92 Å². The van der Waals surface area contributed by atoms with Gasteiger partial charge in [-0.1, -0.05) is 40.5 Å². The van der Waals surface area contributed by atoms with Gasteiger partial charge in [0.25, 0.3) is 0 Å². The first-order valence-corrected chi connectivity index (χ1v) is 9.86. The monoisotopic (exact) mass is 465 g/mol. The molecule has 0 aliphatic heterocycles. The van der Waals surface area contributed by atoms with Crippen LogP contribution in [0.4, 0.5) is 5.69 Å². The highest BCUT2D eigenvalue weighted by atomic mass is 79.9. The molecule has 2 amide bonds. The van der Waals surface area contributed by atoms with Crippen LogP contribution in [0.15, 0.2) is 46.0 Å². The molecule has 0 saturated carbocycles. The van der Waals surface area contributed by atoms with Crippen molar-refractivity contribution >= 4 is 51.2 Å². The van der Waals surface area contributed by atoms with E-state index in [-0.39, 0.29) is 6.42 Å². The summed E-state index contributed by atoms with van der Waals surface area (Å²) in [6.45, 7) is 4.46. The van der Waals surface area contributed by atoms with Crippen LogP contribution < -0.4 is 15.5 Å². The van der Waals surface area contributed by atoms with Crippen molar-refractivity contribution in [2.24, 2.45) is 5.10 Å². The topological polar surface area (TPSA) is 79.8 Å². The van der Waals surface area contributed by atoms with Crippen LogP contribution >= 0.6 is 27.5 Å². The van der Waals surface area contributed by atoms with E-state index >= 15 is 0 Å². The van der Waals surface area contributed by atoms with E-state index in [9.17, 15) is 9.59 Å². The molecule has 0 atom stereocenters. The Balaban J connectivity index is 1.90. The fraction of sp³-hybridized carbons (Fsp3) is 0.250. The molecular weight excluding hydrogens is 446 g/mol. The van der Waals surface area contributed by atoms with E-state index in [4.69, 9.17) is 16.3 Å². The lowest BCUT2D eigenvalue weighted by Crippen LogP contribution is -2.24. The second-order valence-electron chi connectivity index (χ2n) is 6.01. The van der Waals surface area contributed by atoms with Crippen molar-refractivity contribution in [2.45, 2.75) is 26.7 Å². The van der Waals surface area contributed by atoms with E-state index in [0.717, 1.165) is 16.5 Å². The molecule has 0 fully saturated rings. The summed E-state index contributed by atoms with van der Waals surface area (Å²) in [5.74, 6) is -0.322. The van der Waals surface area contributed by atoms with Gasteiger partial charge in [0.15, 0.2) is 0 Å². The van der Waals surface area contributed by atoms with Gasteiger partial charge in [-0.15, -0.1) is 0 Å². The first kappa shape index (κ1) is 21.9. The predicted octanol–water partition coefficient (Wildman–Crippen LogP) is 4.68. The minimum Gasteiger partial charge on any atom is -0.493 e. The Kier molecular flexibility index (Phi) is 8.47. The third kappa shape index (κ3) is 6.98. The molecule has 0 spiro atoms. The number of hydrazone groups is 1. The molecule has 8 heteroatoms. The molecule has 6 nitrogen and oxygen atoms in total. The van der Waals surface area contributed by atoms with Gasteiger partial charge in [-0.2, -0.15) is 5.10 Å². The van der Waals surface area contributed by atoms with Crippen LogP contribution in [0.1, 0.15) is 30.9 Å². The van der Waals surface area contributed by atoms with Crippen molar-refractivity contribution in [3.8, 4) is 5.75 Å². The van der Waals surface area contributed by atoms with Gasteiger partial charge in [0.2, 0.25) is 11.8 Å². The normalized spacial score (nSPS) is 10.7.